The number of rotatable bonds is 7. The SMILES string of the molecule is CCCC(Sc1nnnn1C1CCCC1)C(=O)OCC. The molecule has 0 amide bonds. The maximum absolute atomic E-state index is 12.0. The molecular formula is C13H22N4O2S. The molecule has 1 aliphatic rings. The topological polar surface area (TPSA) is 69.9 Å². The van der Waals surface area contributed by atoms with Crippen LogP contribution in [0.15, 0.2) is 5.16 Å². The van der Waals surface area contributed by atoms with Gasteiger partial charge in [-0.05, 0) is 36.6 Å². The first kappa shape index (κ1) is 15.3. The van der Waals surface area contributed by atoms with Crippen molar-refractivity contribution in [1.29, 1.82) is 0 Å². The molecule has 7 heteroatoms. The maximum Gasteiger partial charge on any atom is 0.319 e. The summed E-state index contributed by atoms with van der Waals surface area (Å²) in [4.78, 5) is 12.0. The highest BCUT2D eigenvalue weighted by molar-refractivity contribution is 8.00. The van der Waals surface area contributed by atoms with Gasteiger partial charge in [0, 0.05) is 0 Å². The van der Waals surface area contributed by atoms with Gasteiger partial charge in [0.25, 0.3) is 0 Å². The first-order chi connectivity index (χ1) is 9.76. The van der Waals surface area contributed by atoms with Crippen LogP contribution in [0, 0.1) is 0 Å². The maximum atomic E-state index is 12.0. The summed E-state index contributed by atoms with van der Waals surface area (Å²) in [5, 5.41) is 12.5. The molecule has 2 rings (SSSR count). The van der Waals surface area contributed by atoms with Crippen molar-refractivity contribution < 1.29 is 9.53 Å². The molecule has 0 bridgehead atoms. The Hall–Kier alpha value is -1.11. The number of carbonyl (C=O) groups is 1. The summed E-state index contributed by atoms with van der Waals surface area (Å²) in [6.07, 6.45) is 6.41. The quantitative estimate of drug-likeness (QED) is 0.569. The molecule has 1 unspecified atom stereocenters. The van der Waals surface area contributed by atoms with E-state index in [0.29, 0.717) is 12.6 Å². The molecule has 1 aromatic rings. The Morgan fingerprint density at radius 2 is 2.20 bits per heavy atom. The third-order valence-corrected chi connectivity index (χ3v) is 4.67. The zero-order valence-corrected chi connectivity index (χ0v) is 12.9. The van der Waals surface area contributed by atoms with Crippen molar-refractivity contribution in [1.82, 2.24) is 20.2 Å². The fraction of sp³-hybridized carbons (Fsp3) is 0.846. The average Bonchev–Trinajstić information content (AvgIpc) is 3.08. The molecule has 20 heavy (non-hydrogen) atoms. The molecule has 0 saturated heterocycles. The van der Waals surface area contributed by atoms with Crippen LogP contribution in [0.2, 0.25) is 0 Å². The van der Waals surface area contributed by atoms with Crippen molar-refractivity contribution in [2.24, 2.45) is 0 Å². The number of hydrogen-bond donors (Lipinski definition) is 0. The highest BCUT2D eigenvalue weighted by Gasteiger charge is 2.27. The van der Waals surface area contributed by atoms with E-state index in [0.717, 1.165) is 30.8 Å². The lowest BCUT2D eigenvalue weighted by atomic mass is 10.2. The Bertz CT molecular complexity index is 432. The minimum absolute atomic E-state index is 0.166. The summed E-state index contributed by atoms with van der Waals surface area (Å²) >= 11 is 1.43. The number of ether oxygens (including phenoxy) is 1. The Morgan fingerprint density at radius 1 is 1.45 bits per heavy atom. The van der Waals surface area contributed by atoms with Crippen molar-refractivity contribution in [3.63, 3.8) is 0 Å². The first-order valence-corrected chi connectivity index (χ1v) is 8.25. The Labute approximate surface area is 123 Å². The molecular weight excluding hydrogens is 276 g/mol. The minimum Gasteiger partial charge on any atom is -0.465 e. The number of thioether (sulfide) groups is 1. The number of esters is 1. The largest absolute Gasteiger partial charge is 0.465 e. The number of tetrazole rings is 1. The smallest absolute Gasteiger partial charge is 0.319 e. The molecule has 1 atom stereocenters. The molecule has 0 N–H and O–H groups in total. The van der Waals surface area contributed by atoms with Gasteiger partial charge in [0.1, 0.15) is 5.25 Å². The van der Waals surface area contributed by atoms with Gasteiger partial charge in [0.15, 0.2) is 0 Å². The van der Waals surface area contributed by atoms with Gasteiger partial charge in [-0.2, -0.15) is 0 Å². The summed E-state index contributed by atoms with van der Waals surface area (Å²) in [7, 11) is 0. The number of aromatic nitrogens is 4. The van der Waals surface area contributed by atoms with Crippen molar-refractivity contribution >= 4 is 17.7 Å². The Morgan fingerprint density at radius 3 is 2.85 bits per heavy atom. The van der Waals surface area contributed by atoms with E-state index in [1.165, 1.54) is 24.6 Å². The van der Waals surface area contributed by atoms with E-state index in [9.17, 15) is 4.79 Å². The van der Waals surface area contributed by atoms with Crippen molar-refractivity contribution in [3.8, 4) is 0 Å². The van der Waals surface area contributed by atoms with Crippen LogP contribution in [0.1, 0.15) is 58.4 Å². The van der Waals surface area contributed by atoms with Gasteiger partial charge in [-0.25, -0.2) is 4.68 Å². The van der Waals surface area contributed by atoms with Crippen molar-refractivity contribution in [2.75, 3.05) is 6.61 Å². The molecule has 1 fully saturated rings. The number of hydrogen-bond acceptors (Lipinski definition) is 6. The van der Waals surface area contributed by atoms with Gasteiger partial charge < -0.3 is 4.74 Å². The Kier molecular flexibility index (Phi) is 5.82. The molecule has 0 aromatic carbocycles. The average molecular weight is 298 g/mol. The third kappa shape index (κ3) is 3.71. The standard InChI is InChI=1S/C13H22N4O2S/c1-3-7-11(12(18)19-4-2)20-13-14-15-16-17(13)10-8-5-6-9-10/h10-11H,3-9H2,1-2H3. The second-order valence-electron chi connectivity index (χ2n) is 4.99. The van der Waals surface area contributed by atoms with Gasteiger partial charge in [0.2, 0.25) is 5.16 Å². The van der Waals surface area contributed by atoms with Gasteiger partial charge in [-0.15, -0.1) is 5.10 Å². The van der Waals surface area contributed by atoms with Crippen LogP contribution in [-0.2, 0) is 9.53 Å². The van der Waals surface area contributed by atoms with E-state index in [2.05, 4.69) is 22.4 Å². The van der Waals surface area contributed by atoms with Crippen LogP contribution >= 0.6 is 11.8 Å². The molecule has 0 aliphatic heterocycles. The lowest BCUT2D eigenvalue weighted by molar-refractivity contribution is -0.142. The second-order valence-corrected chi connectivity index (χ2v) is 6.16. The molecule has 1 saturated carbocycles. The predicted octanol–water partition coefficient (Wildman–Crippen LogP) is 2.61. The zero-order valence-electron chi connectivity index (χ0n) is 12.1. The van der Waals surface area contributed by atoms with Crippen LogP contribution in [0.4, 0.5) is 0 Å². The zero-order chi connectivity index (χ0) is 14.4. The predicted molar refractivity (Wildman–Crippen MR) is 76.5 cm³/mol. The molecule has 1 heterocycles. The minimum atomic E-state index is -0.217. The van der Waals surface area contributed by atoms with Crippen LogP contribution in [0.3, 0.4) is 0 Å². The lowest BCUT2D eigenvalue weighted by Gasteiger charge is -2.15. The van der Waals surface area contributed by atoms with Crippen LogP contribution < -0.4 is 0 Å². The molecule has 0 radical (unpaired) electrons. The molecule has 112 valence electrons. The summed E-state index contributed by atoms with van der Waals surface area (Å²) in [5.41, 5.74) is 0. The molecule has 1 aromatic heterocycles. The van der Waals surface area contributed by atoms with Crippen LogP contribution in [0.25, 0.3) is 0 Å². The normalized spacial score (nSPS) is 17.3. The van der Waals surface area contributed by atoms with Gasteiger partial charge in [-0.1, -0.05) is 37.9 Å². The summed E-state index contributed by atoms with van der Waals surface area (Å²) in [6.45, 7) is 4.30. The van der Waals surface area contributed by atoms with Crippen LogP contribution in [-0.4, -0.2) is 38.0 Å². The van der Waals surface area contributed by atoms with E-state index < -0.39 is 0 Å². The second kappa shape index (κ2) is 7.61. The van der Waals surface area contributed by atoms with Crippen LogP contribution in [0.5, 0.6) is 0 Å². The van der Waals surface area contributed by atoms with E-state index in [4.69, 9.17) is 4.74 Å². The fourth-order valence-corrected chi connectivity index (χ4v) is 3.64. The Balaban J connectivity index is 2.06. The number of nitrogens with zero attached hydrogens (tertiary/aromatic N) is 4. The molecule has 6 nitrogen and oxygen atoms in total. The van der Waals surface area contributed by atoms with Gasteiger partial charge in [0.05, 0.1) is 12.6 Å². The van der Waals surface area contributed by atoms with E-state index in [1.54, 1.807) is 0 Å². The van der Waals surface area contributed by atoms with Crippen molar-refractivity contribution in [2.45, 2.75) is 68.8 Å². The molecule has 1 aliphatic carbocycles. The lowest BCUT2D eigenvalue weighted by Crippen LogP contribution is -2.21. The van der Waals surface area contributed by atoms with E-state index in [-0.39, 0.29) is 11.2 Å². The van der Waals surface area contributed by atoms with Gasteiger partial charge in [-0.3, -0.25) is 4.79 Å². The fourth-order valence-electron chi connectivity index (χ4n) is 2.49. The van der Waals surface area contributed by atoms with Gasteiger partial charge >= 0.3 is 5.97 Å². The highest BCUT2D eigenvalue weighted by Crippen LogP contribution is 2.33. The highest BCUT2D eigenvalue weighted by atomic mass is 32.2. The van der Waals surface area contributed by atoms with Crippen molar-refractivity contribution in [3.05, 3.63) is 0 Å². The van der Waals surface area contributed by atoms with E-state index >= 15 is 0 Å². The number of carbonyl (C=O) groups excluding carboxylic acids is 1. The summed E-state index contributed by atoms with van der Waals surface area (Å²) in [6, 6.07) is 0.386. The molecule has 0 spiro atoms. The summed E-state index contributed by atoms with van der Waals surface area (Å²) < 4.78 is 7.02. The third-order valence-electron chi connectivity index (χ3n) is 3.48. The first-order valence-electron chi connectivity index (χ1n) is 7.37. The van der Waals surface area contributed by atoms with E-state index in [1.807, 2.05) is 11.6 Å². The monoisotopic (exact) mass is 298 g/mol. The summed E-state index contributed by atoms with van der Waals surface area (Å²) in [5.74, 6) is -0.166.